The molecule has 0 atom stereocenters. The molecule has 0 heterocycles. The van der Waals surface area contributed by atoms with Gasteiger partial charge in [0.25, 0.3) is 0 Å². The molecule has 0 N–H and O–H groups in total. The predicted molar refractivity (Wildman–Crippen MR) is 111 cm³/mol. The van der Waals surface area contributed by atoms with E-state index in [9.17, 15) is 0 Å². The molecular formula is C24H24KO3Ta. The van der Waals surface area contributed by atoms with Crippen LogP contribution in [0.25, 0.3) is 0 Å². The van der Waals surface area contributed by atoms with Gasteiger partial charge < -0.3 is 0 Å². The molecule has 0 aromatic heterocycles. The molecular weight excluding hydrogens is 556 g/mol. The summed E-state index contributed by atoms with van der Waals surface area (Å²) < 4.78 is 25.9. The molecule has 0 saturated carbocycles. The van der Waals surface area contributed by atoms with Crippen molar-refractivity contribution >= 4 is 0 Å². The standard InChI is InChI=1S/3C8H8.K.3O.Ta/c3*1-2-4-6-8-7-5-3-1;;;;;/h3*1-8H;;;;;/q;;;+1;;;-1;/b3*2-1-,3-1?,4-2?,5-3-,6-4?,7-5?,8-6?,8-7?;;;;;. The normalized spacial score (nSPS) is 20.7. The van der Waals surface area contributed by atoms with Crippen LogP contribution in [0.15, 0.2) is 146 Å². The van der Waals surface area contributed by atoms with Gasteiger partial charge in [-0.05, 0) is 0 Å². The van der Waals surface area contributed by atoms with Gasteiger partial charge in [0.2, 0.25) is 0 Å². The Morgan fingerprint density at radius 3 is 0.379 bits per heavy atom. The molecule has 0 amide bonds. The third-order valence-electron chi connectivity index (χ3n) is 2.67. The van der Waals surface area contributed by atoms with E-state index in [-0.39, 0.29) is 51.4 Å². The van der Waals surface area contributed by atoms with Gasteiger partial charge in [0.1, 0.15) is 0 Å². The molecule has 144 valence electrons. The van der Waals surface area contributed by atoms with Crippen molar-refractivity contribution in [3.8, 4) is 0 Å². The van der Waals surface area contributed by atoms with E-state index in [4.69, 9.17) is 10.1 Å². The maximum absolute atomic E-state index is 8.62. The molecule has 0 saturated heterocycles. The van der Waals surface area contributed by atoms with Crippen molar-refractivity contribution in [1.82, 2.24) is 0 Å². The maximum atomic E-state index is 8.62. The first kappa shape index (κ1) is 30.0. The summed E-state index contributed by atoms with van der Waals surface area (Å²) in [7, 11) is 0. The van der Waals surface area contributed by atoms with Crippen LogP contribution in [0, 0.1) is 0 Å². The Morgan fingerprint density at radius 2 is 0.345 bits per heavy atom. The second-order valence-electron chi connectivity index (χ2n) is 4.84. The van der Waals surface area contributed by atoms with Crippen molar-refractivity contribution in [2.45, 2.75) is 0 Å². The van der Waals surface area contributed by atoms with Crippen LogP contribution in [0.4, 0.5) is 0 Å². The second kappa shape index (κ2) is 26.8. The van der Waals surface area contributed by atoms with E-state index >= 15 is 0 Å². The van der Waals surface area contributed by atoms with E-state index in [0.717, 1.165) is 0 Å². The first-order valence-electron chi connectivity index (χ1n) is 8.55. The Morgan fingerprint density at radius 1 is 0.310 bits per heavy atom. The number of hydrogen-bond donors (Lipinski definition) is 0. The summed E-state index contributed by atoms with van der Waals surface area (Å²) in [6.07, 6.45) is 48.0. The molecule has 3 rings (SSSR count). The van der Waals surface area contributed by atoms with Gasteiger partial charge in [0.15, 0.2) is 0 Å². The summed E-state index contributed by atoms with van der Waals surface area (Å²) >= 11 is -4.34. The van der Waals surface area contributed by atoms with Gasteiger partial charge in [0.05, 0.1) is 0 Å². The first-order valence-corrected chi connectivity index (χ1v) is 12.5. The molecule has 0 unspecified atom stereocenters. The molecule has 5 heteroatoms. The van der Waals surface area contributed by atoms with Gasteiger partial charge in [-0.3, -0.25) is 0 Å². The predicted octanol–water partition coefficient (Wildman–Crippen LogP) is 2.25. The summed E-state index contributed by atoms with van der Waals surface area (Å²) in [5.41, 5.74) is 0. The summed E-state index contributed by atoms with van der Waals surface area (Å²) in [5, 5.41) is 0. The van der Waals surface area contributed by atoms with Crippen LogP contribution in [-0.2, 0) is 25.3 Å². The molecule has 0 aliphatic heterocycles. The molecule has 0 bridgehead atoms. The van der Waals surface area contributed by atoms with Crippen LogP contribution < -0.4 is 55.0 Å². The van der Waals surface area contributed by atoms with Crippen molar-refractivity contribution in [1.29, 1.82) is 0 Å². The zero-order valence-electron chi connectivity index (χ0n) is 16.5. The van der Waals surface area contributed by atoms with Gasteiger partial charge in [-0.15, -0.1) is 0 Å². The van der Waals surface area contributed by atoms with Crippen molar-refractivity contribution in [3.63, 3.8) is 0 Å². The third kappa shape index (κ3) is 31.7. The molecule has 0 aromatic rings. The van der Waals surface area contributed by atoms with Gasteiger partial charge in [0, 0.05) is 0 Å². The molecule has 3 nitrogen and oxygen atoms in total. The summed E-state index contributed by atoms with van der Waals surface area (Å²) in [6, 6.07) is 0. The SMILES string of the molecule is C1=C/C=C\C=C/C=C1.C1=C/C=C\C=C/C=C1.C1=C/C=C\C=C/C=C1.[K+].[O]=[Ta](=[O])[O-]. The van der Waals surface area contributed by atoms with Crippen LogP contribution in [0.3, 0.4) is 0 Å². The van der Waals surface area contributed by atoms with E-state index in [0.29, 0.717) is 0 Å². The van der Waals surface area contributed by atoms with Crippen LogP contribution in [0.2, 0.25) is 0 Å². The fourth-order valence-corrected chi connectivity index (χ4v) is 1.54. The van der Waals surface area contributed by atoms with Crippen LogP contribution in [0.1, 0.15) is 0 Å². The molecule has 0 fully saturated rings. The van der Waals surface area contributed by atoms with Crippen molar-refractivity contribution in [3.05, 3.63) is 146 Å². The topological polar surface area (TPSA) is 57.2 Å². The van der Waals surface area contributed by atoms with E-state index < -0.39 is 18.8 Å². The average molecular weight is 580 g/mol. The second-order valence-corrected chi connectivity index (χ2v) is 6.45. The van der Waals surface area contributed by atoms with Crippen molar-refractivity contribution in [2.24, 2.45) is 0 Å². The monoisotopic (exact) mass is 580 g/mol. The number of allylic oxidation sites excluding steroid dienone is 24. The van der Waals surface area contributed by atoms with E-state index in [1.807, 2.05) is 146 Å². The quantitative estimate of drug-likeness (QED) is 0.414. The number of hydrogen-bond acceptors (Lipinski definition) is 3. The van der Waals surface area contributed by atoms with E-state index in [1.54, 1.807) is 0 Å². The molecule has 29 heavy (non-hydrogen) atoms. The molecule has 0 radical (unpaired) electrons. The van der Waals surface area contributed by atoms with Crippen molar-refractivity contribution < 1.29 is 80.3 Å². The molecule has 0 spiro atoms. The summed E-state index contributed by atoms with van der Waals surface area (Å²) in [5.74, 6) is 0. The molecule has 3 aliphatic rings. The Balaban J connectivity index is 0. The molecule has 0 aromatic carbocycles. The van der Waals surface area contributed by atoms with Crippen molar-refractivity contribution in [2.75, 3.05) is 0 Å². The Bertz CT molecular complexity index is 555. The Labute approximate surface area is 223 Å². The van der Waals surface area contributed by atoms with Gasteiger partial charge in [-0.1, -0.05) is 146 Å². The number of rotatable bonds is 0. The van der Waals surface area contributed by atoms with Crippen LogP contribution in [-0.4, -0.2) is 0 Å². The molecule has 3 aliphatic carbocycles. The van der Waals surface area contributed by atoms with E-state index in [2.05, 4.69) is 0 Å². The van der Waals surface area contributed by atoms with E-state index in [1.165, 1.54) is 0 Å². The summed E-state index contributed by atoms with van der Waals surface area (Å²) in [4.78, 5) is 0. The Kier molecular flexibility index (Phi) is 27.8. The Hall–Kier alpha value is -1.18. The van der Waals surface area contributed by atoms with Crippen LogP contribution >= 0.6 is 0 Å². The fraction of sp³-hybridized carbons (Fsp3) is 0. The van der Waals surface area contributed by atoms with Crippen LogP contribution in [0.5, 0.6) is 0 Å². The first-order chi connectivity index (χ1) is 13.7. The summed E-state index contributed by atoms with van der Waals surface area (Å²) in [6.45, 7) is 0. The zero-order valence-corrected chi connectivity index (χ0v) is 22.9. The average Bonchev–Trinajstić information content (AvgIpc) is 2.53. The van der Waals surface area contributed by atoms with Gasteiger partial charge in [-0.25, -0.2) is 0 Å². The minimum atomic E-state index is -4.34. The van der Waals surface area contributed by atoms with Gasteiger partial charge >= 0.3 is 80.3 Å². The fourth-order valence-electron chi connectivity index (χ4n) is 1.54. The third-order valence-corrected chi connectivity index (χ3v) is 2.67. The zero-order chi connectivity index (χ0) is 20.5. The van der Waals surface area contributed by atoms with Gasteiger partial charge in [-0.2, -0.15) is 0 Å². The minimum absolute atomic E-state index is 0.